The minimum atomic E-state index is -0.324. The molecule has 0 unspecified atom stereocenters. The fourth-order valence-electron chi connectivity index (χ4n) is 2.68. The molecular formula is C16H18O3. The van der Waals surface area contributed by atoms with Crippen molar-refractivity contribution in [2.45, 2.75) is 39.7 Å². The molecule has 100 valence electrons. The van der Waals surface area contributed by atoms with Gasteiger partial charge < -0.3 is 9.15 Å². The average molecular weight is 258 g/mol. The molecule has 0 radical (unpaired) electrons. The van der Waals surface area contributed by atoms with Crippen molar-refractivity contribution in [1.29, 1.82) is 0 Å². The van der Waals surface area contributed by atoms with E-state index in [2.05, 4.69) is 27.7 Å². The lowest BCUT2D eigenvalue weighted by atomic mass is 9.82. The second kappa shape index (κ2) is 3.86. The minimum absolute atomic E-state index is 0.192. The van der Waals surface area contributed by atoms with Gasteiger partial charge in [0.15, 0.2) is 0 Å². The van der Waals surface area contributed by atoms with Gasteiger partial charge in [-0.3, -0.25) is 0 Å². The van der Waals surface area contributed by atoms with Gasteiger partial charge in [-0.25, -0.2) is 4.79 Å². The van der Waals surface area contributed by atoms with E-state index in [4.69, 9.17) is 9.15 Å². The zero-order chi connectivity index (χ0) is 13.8. The summed E-state index contributed by atoms with van der Waals surface area (Å²) >= 11 is 0. The summed E-state index contributed by atoms with van der Waals surface area (Å²) in [7, 11) is 0. The average Bonchev–Trinajstić information content (AvgIpc) is 2.31. The quantitative estimate of drug-likeness (QED) is 0.679. The largest absolute Gasteiger partial charge is 0.487 e. The van der Waals surface area contributed by atoms with Crippen LogP contribution in [0.5, 0.6) is 5.75 Å². The highest BCUT2D eigenvalue weighted by molar-refractivity contribution is 5.83. The van der Waals surface area contributed by atoms with Crippen LogP contribution in [0.2, 0.25) is 0 Å². The summed E-state index contributed by atoms with van der Waals surface area (Å²) in [5.41, 5.74) is 2.47. The maximum absolute atomic E-state index is 11.3. The van der Waals surface area contributed by atoms with Crippen molar-refractivity contribution in [3.05, 3.63) is 39.7 Å². The SMILES string of the molecule is Cc1c2c(cc3oc(=O)ccc13)OC(C)(C)[C@@H](C)C2. The van der Waals surface area contributed by atoms with Crippen molar-refractivity contribution in [3.8, 4) is 5.75 Å². The highest BCUT2D eigenvalue weighted by Gasteiger charge is 2.35. The molecule has 3 heteroatoms. The first-order valence-corrected chi connectivity index (χ1v) is 6.64. The van der Waals surface area contributed by atoms with Crippen LogP contribution in [0.1, 0.15) is 31.9 Å². The number of hydrogen-bond acceptors (Lipinski definition) is 3. The van der Waals surface area contributed by atoms with E-state index in [0.29, 0.717) is 11.5 Å². The Bertz CT molecular complexity index is 710. The third-order valence-corrected chi connectivity index (χ3v) is 4.35. The summed E-state index contributed by atoms with van der Waals surface area (Å²) in [5.74, 6) is 1.30. The molecule has 0 amide bonds. The van der Waals surface area contributed by atoms with Gasteiger partial charge in [0.25, 0.3) is 0 Å². The van der Waals surface area contributed by atoms with Gasteiger partial charge in [-0.1, -0.05) is 6.92 Å². The molecule has 0 N–H and O–H groups in total. The molecule has 1 aromatic carbocycles. The van der Waals surface area contributed by atoms with Crippen molar-refractivity contribution in [1.82, 2.24) is 0 Å². The molecule has 3 rings (SSSR count). The number of hydrogen-bond donors (Lipinski definition) is 0. The second-order valence-electron chi connectivity index (χ2n) is 5.96. The number of ether oxygens (including phenoxy) is 1. The van der Waals surface area contributed by atoms with E-state index >= 15 is 0 Å². The number of aryl methyl sites for hydroxylation is 1. The van der Waals surface area contributed by atoms with E-state index in [0.717, 1.165) is 23.1 Å². The van der Waals surface area contributed by atoms with Crippen LogP contribution in [0.3, 0.4) is 0 Å². The minimum Gasteiger partial charge on any atom is -0.487 e. The second-order valence-corrected chi connectivity index (χ2v) is 5.96. The van der Waals surface area contributed by atoms with Gasteiger partial charge in [-0.05, 0) is 50.3 Å². The van der Waals surface area contributed by atoms with Crippen LogP contribution in [0.4, 0.5) is 0 Å². The third-order valence-electron chi connectivity index (χ3n) is 4.35. The molecule has 1 aromatic heterocycles. The van der Waals surface area contributed by atoms with Crippen LogP contribution in [0.25, 0.3) is 11.0 Å². The van der Waals surface area contributed by atoms with E-state index in [1.54, 1.807) is 0 Å². The van der Waals surface area contributed by atoms with Crippen LogP contribution in [0.15, 0.2) is 27.4 Å². The van der Waals surface area contributed by atoms with Gasteiger partial charge in [-0.2, -0.15) is 0 Å². The zero-order valence-corrected chi connectivity index (χ0v) is 11.7. The number of benzene rings is 1. The predicted octanol–water partition coefficient (Wildman–Crippen LogP) is 3.45. The molecule has 2 aromatic rings. The summed E-state index contributed by atoms with van der Waals surface area (Å²) in [4.78, 5) is 11.3. The highest BCUT2D eigenvalue weighted by atomic mass is 16.5. The highest BCUT2D eigenvalue weighted by Crippen LogP contribution is 2.40. The van der Waals surface area contributed by atoms with Crippen LogP contribution in [0, 0.1) is 12.8 Å². The molecule has 1 atom stereocenters. The number of fused-ring (bicyclic) bond motifs is 2. The molecule has 0 spiro atoms. The maximum Gasteiger partial charge on any atom is 0.336 e. The van der Waals surface area contributed by atoms with Gasteiger partial charge in [-0.15, -0.1) is 0 Å². The Morgan fingerprint density at radius 2 is 2.05 bits per heavy atom. The lowest BCUT2D eigenvalue weighted by molar-refractivity contribution is 0.0354. The Labute approximate surface area is 112 Å². The first-order chi connectivity index (χ1) is 8.88. The van der Waals surface area contributed by atoms with Crippen LogP contribution < -0.4 is 10.4 Å². The van der Waals surface area contributed by atoms with E-state index in [9.17, 15) is 4.79 Å². The fraction of sp³-hybridized carbons (Fsp3) is 0.438. The predicted molar refractivity (Wildman–Crippen MR) is 74.8 cm³/mol. The molecule has 19 heavy (non-hydrogen) atoms. The summed E-state index contributed by atoms with van der Waals surface area (Å²) in [5, 5.41) is 0.994. The molecule has 1 aliphatic heterocycles. The van der Waals surface area contributed by atoms with Crippen molar-refractivity contribution < 1.29 is 9.15 Å². The van der Waals surface area contributed by atoms with Crippen molar-refractivity contribution in [2.75, 3.05) is 0 Å². The topological polar surface area (TPSA) is 39.4 Å². The Morgan fingerprint density at radius 3 is 2.79 bits per heavy atom. The lowest BCUT2D eigenvalue weighted by Crippen LogP contribution is -2.40. The van der Waals surface area contributed by atoms with Gasteiger partial charge in [0.05, 0.1) is 0 Å². The molecule has 0 aliphatic carbocycles. The third kappa shape index (κ3) is 1.84. The zero-order valence-electron chi connectivity index (χ0n) is 11.7. The van der Waals surface area contributed by atoms with Crippen molar-refractivity contribution in [3.63, 3.8) is 0 Å². The van der Waals surface area contributed by atoms with Gasteiger partial charge in [0.2, 0.25) is 0 Å². The summed E-state index contributed by atoms with van der Waals surface area (Å²) in [6.45, 7) is 8.47. The van der Waals surface area contributed by atoms with E-state index in [1.165, 1.54) is 11.6 Å². The van der Waals surface area contributed by atoms with Crippen LogP contribution >= 0.6 is 0 Å². The van der Waals surface area contributed by atoms with Gasteiger partial charge in [0.1, 0.15) is 16.9 Å². The standard InChI is InChI=1S/C16H18O3/c1-9-7-12-10(2)11-5-6-15(17)18-13(11)8-14(12)19-16(9,3)4/h5-6,8-9H,7H2,1-4H3/t9-/m0/s1. The molecular weight excluding hydrogens is 240 g/mol. The van der Waals surface area contributed by atoms with Crippen LogP contribution in [-0.2, 0) is 6.42 Å². The number of rotatable bonds is 0. The molecule has 0 fully saturated rings. The normalized spacial score (nSPS) is 20.9. The fourth-order valence-corrected chi connectivity index (χ4v) is 2.68. The lowest BCUT2D eigenvalue weighted by Gasteiger charge is -2.39. The maximum atomic E-state index is 11.3. The van der Waals surface area contributed by atoms with E-state index in [1.807, 2.05) is 12.1 Å². The van der Waals surface area contributed by atoms with Gasteiger partial charge >= 0.3 is 5.63 Å². The van der Waals surface area contributed by atoms with Gasteiger partial charge in [0, 0.05) is 17.5 Å². The smallest absolute Gasteiger partial charge is 0.336 e. The Hall–Kier alpha value is -1.77. The van der Waals surface area contributed by atoms with E-state index < -0.39 is 0 Å². The van der Waals surface area contributed by atoms with E-state index in [-0.39, 0.29) is 11.2 Å². The van der Waals surface area contributed by atoms with Crippen molar-refractivity contribution in [2.24, 2.45) is 5.92 Å². The first kappa shape index (κ1) is 12.3. The van der Waals surface area contributed by atoms with Crippen LogP contribution in [-0.4, -0.2) is 5.60 Å². The molecule has 3 nitrogen and oxygen atoms in total. The molecule has 0 bridgehead atoms. The summed E-state index contributed by atoms with van der Waals surface area (Å²) in [6.07, 6.45) is 0.989. The molecule has 0 saturated heterocycles. The molecule has 2 heterocycles. The monoisotopic (exact) mass is 258 g/mol. The van der Waals surface area contributed by atoms with Crippen molar-refractivity contribution >= 4 is 11.0 Å². The Morgan fingerprint density at radius 1 is 1.32 bits per heavy atom. The molecule has 0 saturated carbocycles. The first-order valence-electron chi connectivity index (χ1n) is 6.64. The Kier molecular flexibility index (Phi) is 2.49. The summed E-state index contributed by atoms with van der Waals surface area (Å²) in [6, 6.07) is 5.16. The molecule has 1 aliphatic rings. The Balaban J connectivity index is 2.29. The summed E-state index contributed by atoms with van der Waals surface area (Å²) < 4.78 is 11.4.